The van der Waals surface area contributed by atoms with E-state index in [-0.39, 0.29) is 0 Å². The van der Waals surface area contributed by atoms with E-state index >= 15 is 0 Å². The second-order valence-electron chi connectivity index (χ2n) is 4.48. The van der Waals surface area contributed by atoms with E-state index in [9.17, 15) is 9.50 Å². The molecule has 0 unspecified atom stereocenters. The molecule has 0 bridgehead atoms. The molecule has 1 aliphatic heterocycles. The van der Waals surface area contributed by atoms with Gasteiger partial charge >= 0.3 is 0 Å². The predicted molar refractivity (Wildman–Crippen MR) is 66.8 cm³/mol. The standard InChI is InChI=1S/C11H14FN5O3/c1-13-9-7-10(15-3-14-9)17(4-16-7)11-6(12)8(19)5(2-18)20-11/h3-6,8,11,18-19H,2H2,1H3,(H,13,14,15)/t5-,6+,8-,11-/m1/s1. The van der Waals surface area contributed by atoms with Crippen molar-refractivity contribution in [1.82, 2.24) is 19.5 Å². The van der Waals surface area contributed by atoms with Crippen molar-refractivity contribution in [3.05, 3.63) is 12.7 Å². The van der Waals surface area contributed by atoms with Gasteiger partial charge in [0.2, 0.25) is 0 Å². The molecular formula is C11H14FN5O3. The number of aromatic nitrogens is 4. The molecule has 3 N–H and O–H groups in total. The second kappa shape index (κ2) is 4.93. The van der Waals surface area contributed by atoms with E-state index in [4.69, 9.17) is 9.84 Å². The summed E-state index contributed by atoms with van der Waals surface area (Å²) in [6.45, 7) is -0.457. The van der Waals surface area contributed by atoms with Crippen LogP contribution in [-0.2, 0) is 4.74 Å². The highest BCUT2D eigenvalue weighted by Crippen LogP contribution is 2.33. The van der Waals surface area contributed by atoms with Crippen LogP contribution in [0.25, 0.3) is 11.2 Å². The molecule has 0 aliphatic carbocycles. The summed E-state index contributed by atoms with van der Waals surface area (Å²) in [6, 6.07) is 0. The van der Waals surface area contributed by atoms with E-state index in [1.165, 1.54) is 17.2 Å². The van der Waals surface area contributed by atoms with Gasteiger partial charge in [0.1, 0.15) is 24.1 Å². The highest BCUT2D eigenvalue weighted by atomic mass is 19.1. The number of halogens is 1. The Morgan fingerprint density at radius 2 is 2.25 bits per heavy atom. The van der Waals surface area contributed by atoms with Crippen LogP contribution in [0.4, 0.5) is 10.2 Å². The first-order valence-corrected chi connectivity index (χ1v) is 6.11. The lowest BCUT2D eigenvalue weighted by Gasteiger charge is -2.14. The molecule has 20 heavy (non-hydrogen) atoms. The number of aliphatic hydroxyl groups excluding tert-OH is 2. The van der Waals surface area contributed by atoms with Crippen molar-refractivity contribution in [2.45, 2.75) is 24.6 Å². The summed E-state index contributed by atoms with van der Waals surface area (Å²) in [6.07, 6.45) is -2.38. The van der Waals surface area contributed by atoms with Gasteiger partial charge in [0.15, 0.2) is 23.9 Å². The van der Waals surface area contributed by atoms with Crippen LogP contribution in [0.3, 0.4) is 0 Å². The number of ether oxygens (including phenoxy) is 1. The summed E-state index contributed by atoms with van der Waals surface area (Å²) in [4.78, 5) is 12.2. The Morgan fingerprint density at radius 3 is 2.90 bits per heavy atom. The number of alkyl halides is 1. The minimum atomic E-state index is -1.67. The molecule has 3 heterocycles. The molecule has 108 valence electrons. The van der Waals surface area contributed by atoms with E-state index < -0.39 is 31.2 Å². The zero-order valence-electron chi connectivity index (χ0n) is 10.6. The monoisotopic (exact) mass is 283 g/mol. The van der Waals surface area contributed by atoms with Gasteiger partial charge < -0.3 is 20.3 Å². The van der Waals surface area contributed by atoms with Crippen molar-refractivity contribution in [1.29, 1.82) is 0 Å². The van der Waals surface area contributed by atoms with E-state index in [2.05, 4.69) is 20.3 Å². The van der Waals surface area contributed by atoms with E-state index in [1.807, 2.05) is 0 Å². The lowest BCUT2D eigenvalue weighted by molar-refractivity contribution is -0.0459. The number of anilines is 1. The van der Waals surface area contributed by atoms with Crippen LogP contribution in [0.5, 0.6) is 0 Å². The first-order valence-electron chi connectivity index (χ1n) is 6.11. The molecule has 0 amide bonds. The molecule has 0 radical (unpaired) electrons. The Balaban J connectivity index is 2.03. The summed E-state index contributed by atoms with van der Waals surface area (Å²) in [5.74, 6) is 0.515. The van der Waals surface area contributed by atoms with Crippen LogP contribution >= 0.6 is 0 Å². The fourth-order valence-electron chi connectivity index (χ4n) is 2.30. The largest absolute Gasteiger partial charge is 0.394 e. The quantitative estimate of drug-likeness (QED) is 0.694. The van der Waals surface area contributed by atoms with Gasteiger partial charge in [-0.3, -0.25) is 4.57 Å². The maximum absolute atomic E-state index is 14.1. The third kappa shape index (κ3) is 1.82. The highest BCUT2D eigenvalue weighted by molar-refractivity contribution is 5.82. The fourth-order valence-corrected chi connectivity index (χ4v) is 2.30. The number of hydrogen-bond acceptors (Lipinski definition) is 7. The molecule has 9 heteroatoms. The second-order valence-corrected chi connectivity index (χ2v) is 4.48. The van der Waals surface area contributed by atoms with Gasteiger partial charge in [-0.25, -0.2) is 19.3 Å². The van der Waals surface area contributed by atoms with Crippen LogP contribution in [0.15, 0.2) is 12.7 Å². The molecule has 2 aromatic rings. The van der Waals surface area contributed by atoms with E-state index in [0.29, 0.717) is 17.0 Å². The first-order chi connectivity index (χ1) is 9.67. The molecule has 1 fully saturated rings. The molecule has 1 aliphatic rings. The van der Waals surface area contributed by atoms with E-state index in [0.717, 1.165) is 0 Å². The third-order valence-corrected chi connectivity index (χ3v) is 3.34. The van der Waals surface area contributed by atoms with Crippen molar-refractivity contribution >= 4 is 17.0 Å². The van der Waals surface area contributed by atoms with Gasteiger partial charge in [0, 0.05) is 7.05 Å². The van der Waals surface area contributed by atoms with Crippen LogP contribution in [0, 0.1) is 0 Å². The molecule has 2 aromatic heterocycles. The van der Waals surface area contributed by atoms with Crippen LogP contribution in [-0.4, -0.2) is 61.8 Å². The van der Waals surface area contributed by atoms with Crippen molar-refractivity contribution in [3.8, 4) is 0 Å². The maximum Gasteiger partial charge on any atom is 0.173 e. The first kappa shape index (κ1) is 13.2. The molecule has 0 aromatic carbocycles. The van der Waals surface area contributed by atoms with Gasteiger partial charge in [-0.05, 0) is 0 Å². The minimum absolute atomic E-state index is 0.391. The van der Waals surface area contributed by atoms with Crippen molar-refractivity contribution < 1.29 is 19.3 Å². The van der Waals surface area contributed by atoms with Crippen molar-refractivity contribution in [3.63, 3.8) is 0 Å². The van der Waals surface area contributed by atoms with Crippen molar-refractivity contribution in [2.24, 2.45) is 0 Å². The Morgan fingerprint density at radius 1 is 1.45 bits per heavy atom. The Hall–Kier alpha value is -1.84. The average Bonchev–Trinajstić information content (AvgIpc) is 3.01. The zero-order chi connectivity index (χ0) is 14.3. The van der Waals surface area contributed by atoms with Gasteiger partial charge in [0.25, 0.3) is 0 Å². The number of rotatable bonds is 3. The number of nitrogens with zero attached hydrogens (tertiary/aromatic N) is 4. The minimum Gasteiger partial charge on any atom is -0.394 e. The fraction of sp³-hybridized carbons (Fsp3) is 0.545. The summed E-state index contributed by atoms with van der Waals surface area (Å²) in [5.41, 5.74) is 0.871. The van der Waals surface area contributed by atoms with Gasteiger partial charge in [-0.2, -0.15) is 0 Å². The normalized spacial score (nSPS) is 30.0. The SMILES string of the molecule is CNc1ncnc2c1ncn2[C@@H]1O[C@H](CO)[C@@H](O)[C@@H]1F. The smallest absolute Gasteiger partial charge is 0.173 e. The number of aliphatic hydroxyl groups is 2. The predicted octanol–water partition coefficient (Wildman–Crippen LogP) is -0.543. The number of hydrogen-bond donors (Lipinski definition) is 3. The summed E-state index contributed by atoms with van der Waals surface area (Å²) in [7, 11) is 1.69. The summed E-state index contributed by atoms with van der Waals surface area (Å²) < 4.78 is 20.8. The maximum atomic E-state index is 14.1. The lowest BCUT2D eigenvalue weighted by Crippen LogP contribution is -2.30. The highest BCUT2D eigenvalue weighted by Gasteiger charge is 2.45. The molecule has 8 nitrogen and oxygen atoms in total. The lowest BCUT2D eigenvalue weighted by atomic mass is 10.1. The molecule has 0 saturated carbocycles. The number of fused-ring (bicyclic) bond motifs is 1. The Kier molecular flexibility index (Phi) is 3.24. The Labute approximate surface area is 113 Å². The van der Waals surface area contributed by atoms with Crippen LogP contribution in [0.2, 0.25) is 0 Å². The molecule has 3 rings (SSSR count). The molecule has 1 saturated heterocycles. The topological polar surface area (TPSA) is 105 Å². The average molecular weight is 283 g/mol. The number of nitrogens with one attached hydrogen (secondary N) is 1. The summed E-state index contributed by atoms with van der Waals surface area (Å²) >= 11 is 0. The van der Waals surface area contributed by atoms with E-state index in [1.54, 1.807) is 7.05 Å². The van der Waals surface area contributed by atoms with Gasteiger partial charge in [-0.15, -0.1) is 0 Å². The van der Waals surface area contributed by atoms with Crippen LogP contribution < -0.4 is 5.32 Å². The molecule has 4 atom stereocenters. The van der Waals surface area contributed by atoms with Crippen LogP contribution in [0.1, 0.15) is 6.23 Å². The summed E-state index contributed by atoms with van der Waals surface area (Å²) in [5, 5.41) is 21.6. The van der Waals surface area contributed by atoms with Crippen molar-refractivity contribution in [2.75, 3.05) is 19.0 Å². The molecular weight excluding hydrogens is 269 g/mol. The number of imidazole rings is 1. The van der Waals surface area contributed by atoms with Gasteiger partial charge in [0.05, 0.1) is 12.9 Å². The molecule has 0 spiro atoms. The van der Waals surface area contributed by atoms with Gasteiger partial charge in [-0.1, -0.05) is 0 Å². The third-order valence-electron chi connectivity index (χ3n) is 3.34. The zero-order valence-corrected chi connectivity index (χ0v) is 10.6. The Bertz CT molecular complexity index is 621.